The Hall–Kier alpha value is -1.85. The SMILES string of the molecule is CCCn1nc(C(=O)N(C)C)c2c1CCC(CCCCN1CCCC1=O)C2. The molecule has 1 aliphatic carbocycles. The quantitative estimate of drug-likeness (QED) is 0.658. The highest BCUT2D eigenvalue weighted by Gasteiger charge is 2.29. The van der Waals surface area contributed by atoms with Crippen LogP contribution in [-0.2, 0) is 24.2 Å². The van der Waals surface area contributed by atoms with Crippen molar-refractivity contribution < 1.29 is 9.59 Å². The molecule has 1 fully saturated rings. The van der Waals surface area contributed by atoms with Crippen LogP contribution < -0.4 is 0 Å². The molecule has 1 saturated heterocycles. The van der Waals surface area contributed by atoms with Crippen LogP contribution in [0, 0.1) is 5.92 Å². The Balaban J connectivity index is 1.59. The maximum absolute atomic E-state index is 12.6. The Labute approximate surface area is 162 Å². The molecule has 0 spiro atoms. The van der Waals surface area contributed by atoms with E-state index in [4.69, 9.17) is 0 Å². The van der Waals surface area contributed by atoms with Crippen molar-refractivity contribution in [2.24, 2.45) is 5.92 Å². The zero-order valence-corrected chi connectivity index (χ0v) is 17.2. The monoisotopic (exact) mass is 374 g/mol. The van der Waals surface area contributed by atoms with Gasteiger partial charge in [-0.2, -0.15) is 5.10 Å². The van der Waals surface area contributed by atoms with Gasteiger partial charge in [-0.15, -0.1) is 0 Å². The van der Waals surface area contributed by atoms with Gasteiger partial charge in [0.2, 0.25) is 5.91 Å². The van der Waals surface area contributed by atoms with E-state index in [-0.39, 0.29) is 5.91 Å². The lowest BCUT2D eigenvalue weighted by atomic mass is 9.83. The molecule has 0 aromatic carbocycles. The third kappa shape index (κ3) is 4.53. The molecule has 6 nitrogen and oxygen atoms in total. The summed E-state index contributed by atoms with van der Waals surface area (Å²) in [6.07, 6.45) is 9.38. The van der Waals surface area contributed by atoms with Gasteiger partial charge in [0.15, 0.2) is 5.69 Å². The van der Waals surface area contributed by atoms with Crippen LogP contribution in [0.5, 0.6) is 0 Å². The number of carbonyl (C=O) groups is 2. The minimum atomic E-state index is 0.0225. The van der Waals surface area contributed by atoms with E-state index in [0.29, 0.717) is 17.5 Å². The first-order chi connectivity index (χ1) is 13.0. The predicted molar refractivity (Wildman–Crippen MR) is 106 cm³/mol. The summed E-state index contributed by atoms with van der Waals surface area (Å²) in [6.45, 7) is 4.89. The summed E-state index contributed by atoms with van der Waals surface area (Å²) >= 11 is 0. The Bertz CT molecular complexity index is 680. The lowest BCUT2D eigenvalue weighted by Crippen LogP contribution is -2.26. The van der Waals surface area contributed by atoms with Gasteiger partial charge >= 0.3 is 0 Å². The van der Waals surface area contributed by atoms with Crippen LogP contribution in [0.1, 0.15) is 73.6 Å². The van der Waals surface area contributed by atoms with Gasteiger partial charge in [-0.3, -0.25) is 14.3 Å². The van der Waals surface area contributed by atoms with E-state index in [9.17, 15) is 9.59 Å². The molecule has 0 N–H and O–H groups in total. The first-order valence-corrected chi connectivity index (χ1v) is 10.6. The Morgan fingerprint density at radius 3 is 2.70 bits per heavy atom. The van der Waals surface area contributed by atoms with E-state index in [1.807, 2.05) is 4.90 Å². The summed E-state index contributed by atoms with van der Waals surface area (Å²) in [6, 6.07) is 0. The number of carbonyl (C=O) groups excluding carboxylic acids is 2. The summed E-state index contributed by atoms with van der Waals surface area (Å²) in [7, 11) is 3.60. The highest BCUT2D eigenvalue weighted by molar-refractivity contribution is 5.93. The number of rotatable bonds is 8. The van der Waals surface area contributed by atoms with Crippen LogP contribution >= 0.6 is 0 Å². The normalized spacial score (nSPS) is 19.4. The molecule has 150 valence electrons. The molecular weight excluding hydrogens is 340 g/mol. The molecular formula is C21H34N4O2. The van der Waals surface area contributed by atoms with E-state index in [1.54, 1.807) is 19.0 Å². The second-order valence-electron chi connectivity index (χ2n) is 8.29. The summed E-state index contributed by atoms with van der Waals surface area (Å²) in [5.41, 5.74) is 3.13. The zero-order chi connectivity index (χ0) is 19.4. The molecule has 0 saturated carbocycles. The van der Waals surface area contributed by atoms with E-state index in [0.717, 1.165) is 64.6 Å². The van der Waals surface area contributed by atoms with E-state index in [1.165, 1.54) is 24.1 Å². The van der Waals surface area contributed by atoms with E-state index >= 15 is 0 Å². The summed E-state index contributed by atoms with van der Waals surface area (Å²) in [5, 5.41) is 4.68. The molecule has 1 aliphatic heterocycles. The molecule has 3 rings (SSSR count). The second kappa shape index (κ2) is 8.89. The largest absolute Gasteiger partial charge is 0.343 e. The second-order valence-corrected chi connectivity index (χ2v) is 8.29. The van der Waals surface area contributed by atoms with Crippen molar-refractivity contribution in [1.29, 1.82) is 0 Å². The minimum Gasteiger partial charge on any atom is -0.343 e. The van der Waals surface area contributed by atoms with Crippen molar-refractivity contribution in [1.82, 2.24) is 19.6 Å². The predicted octanol–water partition coefficient (Wildman–Crippen LogP) is 2.89. The fourth-order valence-corrected chi connectivity index (χ4v) is 4.46. The number of nitrogens with zero attached hydrogens (tertiary/aromatic N) is 4. The standard InChI is InChI=1S/C21H34N4O2/c1-4-12-25-18-11-10-16(8-5-6-13-24-14-7-9-19(24)26)15-17(18)20(22-25)21(27)23(2)3/h16H,4-15H2,1-3H3. The van der Waals surface area contributed by atoms with Gasteiger partial charge in [-0.1, -0.05) is 19.8 Å². The number of amides is 2. The summed E-state index contributed by atoms with van der Waals surface area (Å²) in [4.78, 5) is 27.9. The lowest BCUT2D eigenvalue weighted by Gasteiger charge is -2.24. The van der Waals surface area contributed by atoms with Crippen molar-refractivity contribution in [2.45, 2.75) is 71.3 Å². The van der Waals surface area contributed by atoms with Gasteiger partial charge in [0.1, 0.15) is 0 Å². The van der Waals surface area contributed by atoms with Crippen LogP contribution in [0.3, 0.4) is 0 Å². The maximum Gasteiger partial charge on any atom is 0.274 e. The van der Waals surface area contributed by atoms with Gasteiger partial charge in [0.25, 0.3) is 5.91 Å². The van der Waals surface area contributed by atoms with Gasteiger partial charge in [0, 0.05) is 51.4 Å². The molecule has 1 aromatic heterocycles. The first kappa shape index (κ1) is 19.9. The number of fused-ring (bicyclic) bond motifs is 1. The summed E-state index contributed by atoms with van der Waals surface area (Å²) < 4.78 is 2.07. The topological polar surface area (TPSA) is 58.4 Å². The van der Waals surface area contributed by atoms with Crippen LogP contribution in [-0.4, -0.2) is 58.6 Å². The summed E-state index contributed by atoms with van der Waals surface area (Å²) in [5.74, 6) is 0.974. The van der Waals surface area contributed by atoms with Crippen LogP contribution in [0.2, 0.25) is 0 Å². The van der Waals surface area contributed by atoms with Gasteiger partial charge < -0.3 is 9.80 Å². The molecule has 2 amide bonds. The maximum atomic E-state index is 12.6. The van der Waals surface area contributed by atoms with Gasteiger partial charge in [-0.25, -0.2) is 0 Å². The number of aromatic nitrogens is 2. The number of unbranched alkanes of at least 4 members (excludes halogenated alkanes) is 1. The molecule has 1 aromatic rings. The molecule has 27 heavy (non-hydrogen) atoms. The third-order valence-corrected chi connectivity index (χ3v) is 5.95. The fraction of sp³-hybridized carbons (Fsp3) is 0.762. The zero-order valence-electron chi connectivity index (χ0n) is 17.2. The molecule has 6 heteroatoms. The minimum absolute atomic E-state index is 0.0225. The van der Waals surface area contributed by atoms with Crippen molar-refractivity contribution in [3.63, 3.8) is 0 Å². The lowest BCUT2D eigenvalue weighted by molar-refractivity contribution is -0.127. The average Bonchev–Trinajstić information content (AvgIpc) is 3.22. The van der Waals surface area contributed by atoms with Crippen LogP contribution in [0.15, 0.2) is 0 Å². The Kier molecular flexibility index (Phi) is 6.55. The molecule has 0 bridgehead atoms. The first-order valence-electron chi connectivity index (χ1n) is 10.6. The van der Waals surface area contributed by atoms with Crippen molar-refractivity contribution in [2.75, 3.05) is 27.2 Å². The van der Waals surface area contributed by atoms with E-state index < -0.39 is 0 Å². The fourth-order valence-electron chi connectivity index (χ4n) is 4.46. The highest BCUT2D eigenvalue weighted by atomic mass is 16.2. The van der Waals surface area contributed by atoms with Crippen molar-refractivity contribution >= 4 is 11.8 Å². The molecule has 2 aliphatic rings. The molecule has 1 unspecified atom stereocenters. The third-order valence-electron chi connectivity index (χ3n) is 5.95. The van der Waals surface area contributed by atoms with Crippen molar-refractivity contribution in [3.8, 4) is 0 Å². The van der Waals surface area contributed by atoms with Crippen LogP contribution in [0.4, 0.5) is 0 Å². The van der Waals surface area contributed by atoms with Crippen LogP contribution in [0.25, 0.3) is 0 Å². The number of hydrogen-bond donors (Lipinski definition) is 0. The highest BCUT2D eigenvalue weighted by Crippen LogP contribution is 2.31. The smallest absolute Gasteiger partial charge is 0.274 e. The van der Waals surface area contributed by atoms with Crippen molar-refractivity contribution in [3.05, 3.63) is 17.0 Å². The molecule has 0 radical (unpaired) electrons. The molecule has 2 heterocycles. The number of aryl methyl sites for hydroxylation is 1. The van der Waals surface area contributed by atoms with E-state index in [2.05, 4.69) is 16.7 Å². The Morgan fingerprint density at radius 1 is 1.22 bits per heavy atom. The average molecular weight is 375 g/mol. The Morgan fingerprint density at radius 2 is 2.04 bits per heavy atom. The molecule has 1 atom stereocenters. The van der Waals surface area contributed by atoms with Gasteiger partial charge in [-0.05, 0) is 44.4 Å². The number of hydrogen-bond acceptors (Lipinski definition) is 3. The number of likely N-dealkylation sites (tertiary alicyclic amines) is 1. The van der Waals surface area contributed by atoms with Gasteiger partial charge in [0.05, 0.1) is 0 Å².